The van der Waals surface area contributed by atoms with Gasteiger partial charge in [0.1, 0.15) is 0 Å². The molecular formula is C18H22O. The summed E-state index contributed by atoms with van der Waals surface area (Å²) in [4.78, 5) is 0. The summed E-state index contributed by atoms with van der Waals surface area (Å²) in [5.41, 5.74) is 0.456. The van der Waals surface area contributed by atoms with Crippen molar-refractivity contribution in [1.29, 1.82) is 0 Å². The quantitative estimate of drug-likeness (QED) is 0.795. The van der Waals surface area contributed by atoms with Crippen molar-refractivity contribution in [2.24, 2.45) is 11.8 Å². The summed E-state index contributed by atoms with van der Waals surface area (Å²) in [5, 5.41) is 13.7. The third-order valence-electron chi connectivity index (χ3n) is 4.85. The molecule has 0 aromatic heterocycles. The molecule has 3 atom stereocenters. The molecule has 0 radical (unpaired) electrons. The summed E-state index contributed by atoms with van der Waals surface area (Å²) in [6.45, 7) is 4.48. The van der Waals surface area contributed by atoms with Gasteiger partial charge in [-0.25, -0.2) is 0 Å². The summed E-state index contributed by atoms with van der Waals surface area (Å²) in [7, 11) is 0. The molecule has 0 saturated heterocycles. The van der Waals surface area contributed by atoms with Crippen molar-refractivity contribution in [2.75, 3.05) is 0 Å². The SMILES string of the molecule is CC1CCC(O)(c2cccc3ccccc23)C(C)C1. The highest BCUT2D eigenvalue weighted by molar-refractivity contribution is 5.86. The van der Waals surface area contributed by atoms with Gasteiger partial charge in [0.2, 0.25) is 0 Å². The van der Waals surface area contributed by atoms with Gasteiger partial charge < -0.3 is 5.11 Å². The zero-order valence-corrected chi connectivity index (χ0v) is 11.8. The van der Waals surface area contributed by atoms with Crippen molar-refractivity contribution >= 4 is 10.8 Å². The summed E-state index contributed by atoms with van der Waals surface area (Å²) >= 11 is 0. The molecule has 19 heavy (non-hydrogen) atoms. The molecule has 1 saturated carbocycles. The van der Waals surface area contributed by atoms with Crippen molar-refractivity contribution < 1.29 is 5.11 Å². The van der Waals surface area contributed by atoms with Crippen LogP contribution in [0.1, 0.15) is 38.7 Å². The van der Waals surface area contributed by atoms with Gasteiger partial charge in [-0.1, -0.05) is 56.3 Å². The molecule has 2 aromatic rings. The molecule has 100 valence electrons. The van der Waals surface area contributed by atoms with Crippen LogP contribution in [0.2, 0.25) is 0 Å². The lowest BCUT2D eigenvalue weighted by Crippen LogP contribution is -2.38. The third-order valence-corrected chi connectivity index (χ3v) is 4.85. The molecule has 2 aromatic carbocycles. The number of hydrogen-bond acceptors (Lipinski definition) is 1. The predicted octanol–water partition coefficient (Wildman–Crippen LogP) is 4.48. The van der Waals surface area contributed by atoms with Crippen LogP contribution in [0.25, 0.3) is 10.8 Å². The maximum Gasteiger partial charge on any atom is 0.0928 e. The molecular weight excluding hydrogens is 232 g/mol. The van der Waals surface area contributed by atoms with Crippen molar-refractivity contribution in [3.05, 3.63) is 48.0 Å². The molecule has 0 spiro atoms. The molecule has 1 aliphatic rings. The Labute approximate surface area is 115 Å². The molecule has 0 heterocycles. The van der Waals surface area contributed by atoms with Gasteiger partial charge in [0.15, 0.2) is 0 Å². The van der Waals surface area contributed by atoms with Gasteiger partial charge in [-0.15, -0.1) is 0 Å². The van der Waals surface area contributed by atoms with Crippen LogP contribution < -0.4 is 0 Å². The average Bonchev–Trinajstić information content (AvgIpc) is 2.43. The minimum atomic E-state index is -0.659. The van der Waals surface area contributed by atoms with E-state index < -0.39 is 5.60 Å². The highest BCUT2D eigenvalue weighted by atomic mass is 16.3. The van der Waals surface area contributed by atoms with E-state index in [9.17, 15) is 5.11 Å². The van der Waals surface area contributed by atoms with Crippen LogP contribution in [0.15, 0.2) is 42.5 Å². The second-order valence-electron chi connectivity index (χ2n) is 6.23. The lowest BCUT2D eigenvalue weighted by Gasteiger charge is -2.41. The molecule has 3 rings (SSSR count). The topological polar surface area (TPSA) is 20.2 Å². The summed E-state index contributed by atoms with van der Waals surface area (Å²) in [6, 6.07) is 14.7. The molecule has 0 aliphatic heterocycles. The highest BCUT2D eigenvalue weighted by Crippen LogP contribution is 2.45. The lowest BCUT2D eigenvalue weighted by atomic mass is 9.68. The van der Waals surface area contributed by atoms with Crippen LogP contribution in [-0.2, 0) is 5.60 Å². The fraction of sp³-hybridized carbons (Fsp3) is 0.444. The minimum absolute atomic E-state index is 0.321. The Morgan fingerprint density at radius 2 is 1.79 bits per heavy atom. The van der Waals surface area contributed by atoms with Gasteiger partial charge in [-0.05, 0) is 47.4 Å². The number of hydrogen-bond donors (Lipinski definition) is 1. The zero-order valence-electron chi connectivity index (χ0n) is 11.8. The first-order valence-corrected chi connectivity index (χ1v) is 7.32. The molecule has 1 nitrogen and oxygen atoms in total. The molecule has 1 fully saturated rings. The van der Waals surface area contributed by atoms with Crippen molar-refractivity contribution in [1.82, 2.24) is 0 Å². The lowest BCUT2D eigenvalue weighted by molar-refractivity contribution is -0.0575. The molecule has 0 bridgehead atoms. The normalized spacial score (nSPS) is 31.5. The zero-order chi connectivity index (χ0) is 13.5. The van der Waals surface area contributed by atoms with Gasteiger partial charge in [0.25, 0.3) is 0 Å². The standard InChI is InChI=1S/C18H22O/c1-13-10-11-18(19,14(2)12-13)17-9-5-7-15-6-3-4-8-16(15)17/h3-9,13-14,19H,10-12H2,1-2H3. The Hall–Kier alpha value is -1.34. The van der Waals surface area contributed by atoms with Gasteiger partial charge in [0, 0.05) is 0 Å². The van der Waals surface area contributed by atoms with Crippen LogP contribution >= 0.6 is 0 Å². The van der Waals surface area contributed by atoms with E-state index in [1.54, 1.807) is 0 Å². The van der Waals surface area contributed by atoms with E-state index in [-0.39, 0.29) is 0 Å². The van der Waals surface area contributed by atoms with E-state index in [0.29, 0.717) is 5.92 Å². The number of fused-ring (bicyclic) bond motifs is 1. The second kappa shape index (κ2) is 4.64. The summed E-state index contributed by atoms with van der Waals surface area (Å²) in [6.07, 6.45) is 3.10. The number of rotatable bonds is 1. The fourth-order valence-electron chi connectivity index (χ4n) is 3.63. The van der Waals surface area contributed by atoms with E-state index in [0.717, 1.165) is 30.7 Å². The van der Waals surface area contributed by atoms with Crippen molar-refractivity contribution in [2.45, 2.75) is 38.7 Å². The molecule has 3 unspecified atom stereocenters. The van der Waals surface area contributed by atoms with Crippen LogP contribution in [0.5, 0.6) is 0 Å². The van der Waals surface area contributed by atoms with E-state index >= 15 is 0 Å². The van der Waals surface area contributed by atoms with Gasteiger partial charge in [0.05, 0.1) is 5.60 Å². The van der Waals surface area contributed by atoms with Crippen molar-refractivity contribution in [3.63, 3.8) is 0 Å². The van der Waals surface area contributed by atoms with E-state index in [2.05, 4.69) is 56.3 Å². The summed E-state index contributed by atoms with van der Waals surface area (Å²) < 4.78 is 0. The van der Waals surface area contributed by atoms with Gasteiger partial charge in [-0.2, -0.15) is 0 Å². The Bertz CT molecular complexity index is 584. The first-order valence-electron chi connectivity index (χ1n) is 7.32. The minimum Gasteiger partial charge on any atom is -0.385 e. The molecule has 1 N–H and O–H groups in total. The fourth-order valence-corrected chi connectivity index (χ4v) is 3.63. The predicted molar refractivity (Wildman–Crippen MR) is 80.0 cm³/mol. The van der Waals surface area contributed by atoms with Crippen LogP contribution in [0.4, 0.5) is 0 Å². The van der Waals surface area contributed by atoms with Crippen LogP contribution in [0.3, 0.4) is 0 Å². The van der Waals surface area contributed by atoms with Gasteiger partial charge in [-0.3, -0.25) is 0 Å². The largest absolute Gasteiger partial charge is 0.385 e. The maximum atomic E-state index is 11.2. The Morgan fingerprint density at radius 1 is 1.05 bits per heavy atom. The number of benzene rings is 2. The smallest absolute Gasteiger partial charge is 0.0928 e. The summed E-state index contributed by atoms with van der Waals surface area (Å²) in [5.74, 6) is 1.05. The van der Waals surface area contributed by atoms with E-state index in [1.807, 2.05) is 0 Å². The highest BCUT2D eigenvalue weighted by Gasteiger charge is 2.40. The first-order chi connectivity index (χ1) is 9.11. The maximum absolute atomic E-state index is 11.2. The van der Waals surface area contributed by atoms with E-state index in [1.165, 1.54) is 10.8 Å². The molecule has 1 aliphatic carbocycles. The van der Waals surface area contributed by atoms with Crippen molar-refractivity contribution in [3.8, 4) is 0 Å². The Kier molecular flexibility index (Phi) is 3.10. The van der Waals surface area contributed by atoms with Crippen LogP contribution in [0, 0.1) is 11.8 Å². The molecule has 0 amide bonds. The second-order valence-corrected chi connectivity index (χ2v) is 6.23. The Balaban J connectivity index is 2.13. The average molecular weight is 254 g/mol. The Morgan fingerprint density at radius 3 is 2.58 bits per heavy atom. The number of aliphatic hydroxyl groups is 1. The van der Waals surface area contributed by atoms with Gasteiger partial charge >= 0.3 is 0 Å². The van der Waals surface area contributed by atoms with Crippen LogP contribution in [-0.4, -0.2) is 5.11 Å². The molecule has 1 heteroatoms. The van der Waals surface area contributed by atoms with E-state index in [4.69, 9.17) is 0 Å². The first kappa shape index (κ1) is 12.7. The third kappa shape index (κ3) is 2.06. The monoisotopic (exact) mass is 254 g/mol.